The minimum absolute atomic E-state index is 0.0177. The normalized spacial score (nSPS) is 12.1. The molecule has 0 heterocycles. The van der Waals surface area contributed by atoms with Crippen molar-refractivity contribution in [1.82, 2.24) is 10.0 Å². The Hall–Kier alpha value is -0.330. The van der Waals surface area contributed by atoms with E-state index in [1.54, 1.807) is 13.0 Å². The van der Waals surface area contributed by atoms with Crippen molar-refractivity contribution in [2.24, 2.45) is 0 Å². The Labute approximate surface area is 124 Å². The molecule has 0 amide bonds. The Kier molecular flexibility index (Phi) is 6.08. The van der Waals surface area contributed by atoms with Crippen molar-refractivity contribution in [3.63, 3.8) is 0 Å². The summed E-state index contributed by atoms with van der Waals surface area (Å²) in [6.07, 6.45) is 0. The van der Waals surface area contributed by atoms with Gasteiger partial charge in [0.15, 0.2) is 0 Å². The summed E-state index contributed by atoms with van der Waals surface area (Å²) < 4.78 is 26.4. The van der Waals surface area contributed by atoms with Gasteiger partial charge in [-0.15, -0.1) is 0 Å². The highest BCUT2D eigenvalue weighted by atomic mass is 35.5. The van der Waals surface area contributed by atoms with E-state index < -0.39 is 10.0 Å². The fourth-order valence-electron chi connectivity index (χ4n) is 1.52. The number of sulfonamides is 1. The zero-order chi connectivity index (χ0) is 14.6. The predicted molar refractivity (Wildman–Crippen MR) is 79.3 cm³/mol. The first kappa shape index (κ1) is 16.7. The summed E-state index contributed by atoms with van der Waals surface area (Å²) in [5.41, 5.74) is 0.666. The molecule has 0 unspecified atom stereocenters. The van der Waals surface area contributed by atoms with Gasteiger partial charge in [0.05, 0.1) is 5.02 Å². The summed E-state index contributed by atoms with van der Waals surface area (Å²) in [5, 5.41) is 3.74. The third kappa shape index (κ3) is 4.61. The fraction of sp³-hybridized carbons (Fsp3) is 0.500. The first-order valence-electron chi connectivity index (χ1n) is 5.99. The van der Waals surface area contributed by atoms with Crippen LogP contribution in [0.5, 0.6) is 0 Å². The van der Waals surface area contributed by atoms with Crippen LogP contribution in [-0.4, -0.2) is 21.0 Å². The molecule has 7 heteroatoms. The molecule has 0 atom stereocenters. The molecule has 0 saturated heterocycles. The lowest BCUT2D eigenvalue weighted by Crippen LogP contribution is -2.25. The van der Waals surface area contributed by atoms with Gasteiger partial charge in [-0.2, -0.15) is 0 Å². The van der Waals surface area contributed by atoms with Gasteiger partial charge < -0.3 is 5.32 Å². The molecule has 0 saturated carbocycles. The van der Waals surface area contributed by atoms with Gasteiger partial charge in [0.25, 0.3) is 0 Å². The average Bonchev–Trinajstić information content (AvgIpc) is 2.29. The third-order valence-electron chi connectivity index (χ3n) is 2.40. The summed E-state index contributed by atoms with van der Waals surface area (Å²) >= 11 is 12.1. The number of hydrogen-bond acceptors (Lipinski definition) is 3. The molecule has 108 valence electrons. The maximum atomic E-state index is 12.0. The number of benzene rings is 1. The first-order valence-corrected chi connectivity index (χ1v) is 8.22. The van der Waals surface area contributed by atoms with Crippen molar-refractivity contribution in [2.75, 3.05) is 6.54 Å². The molecule has 0 fully saturated rings. The van der Waals surface area contributed by atoms with E-state index in [0.717, 1.165) is 0 Å². The monoisotopic (exact) mass is 324 g/mol. The zero-order valence-electron chi connectivity index (χ0n) is 11.1. The van der Waals surface area contributed by atoms with Crippen LogP contribution in [0.2, 0.25) is 10.0 Å². The lowest BCUT2D eigenvalue weighted by molar-refractivity contribution is 0.581. The van der Waals surface area contributed by atoms with E-state index in [1.807, 2.05) is 13.8 Å². The average molecular weight is 325 g/mol. The van der Waals surface area contributed by atoms with E-state index in [-0.39, 0.29) is 16.0 Å². The van der Waals surface area contributed by atoms with Crippen molar-refractivity contribution in [1.29, 1.82) is 0 Å². The van der Waals surface area contributed by atoms with Gasteiger partial charge in [0.1, 0.15) is 4.90 Å². The number of rotatable bonds is 6. The molecule has 2 N–H and O–H groups in total. The van der Waals surface area contributed by atoms with Crippen LogP contribution in [0.1, 0.15) is 26.3 Å². The molecule has 0 aliphatic carbocycles. The topological polar surface area (TPSA) is 58.2 Å². The molecule has 0 aliphatic rings. The summed E-state index contributed by atoms with van der Waals surface area (Å²) in [4.78, 5) is 0.0177. The lowest BCUT2D eigenvalue weighted by Gasteiger charge is -2.13. The summed E-state index contributed by atoms with van der Waals surface area (Å²) in [6, 6.07) is 3.30. The van der Waals surface area contributed by atoms with Gasteiger partial charge >= 0.3 is 0 Å². The molecule has 1 aromatic rings. The van der Waals surface area contributed by atoms with Crippen molar-refractivity contribution < 1.29 is 8.42 Å². The summed E-state index contributed by atoms with van der Waals surface area (Å²) in [6.45, 7) is 6.46. The van der Waals surface area contributed by atoms with E-state index in [1.165, 1.54) is 6.07 Å². The van der Waals surface area contributed by atoms with Crippen molar-refractivity contribution >= 4 is 33.2 Å². The Balaban J connectivity index is 3.20. The van der Waals surface area contributed by atoms with Crippen molar-refractivity contribution in [3.05, 3.63) is 27.7 Å². The Bertz CT molecular complexity index is 545. The number of hydrogen-bond donors (Lipinski definition) is 2. The molecule has 0 radical (unpaired) electrons. The molecule has 0 spiro atoms. The summed E-state index contributed by atoms with van der Waals surface area (Å²) in [5.74, 6) is 0. The molecular formula is C12H18Cl2N2O2S. The van der Waals surface area contributed by atoms with E-state index in [9.17, 15) is 8.42 Å². The standard InChI is InChI=1S/C12H18Cl2N2O2S/c1-4-16-19(17,18)11-6-10(13)5-9(12(11)14)7-15-8(2)3/h5-6,8,15-16H,4,7H2,1-3H3. The Morgan fingerprint density at radius 2 is 1.89 bits per heavy atom. The van der Waals surface area contributed by atoms with Crippen LogP contribution in [-0.2, 0) is 16.6 Å². The minimum atomic E-state index is -3.62. The van der Waals surface area contributed by atoms with Gasteiger partial charge in [0.2, 0.25) is 10.0 Å². The van der Waals surface area contributed by atoms with E-state index in [4.69, 9.17) is 23.2 Å². The van der Waals surface area contributed by atoms with Crippen LogP contribution in [0.4, 0.5) is 0 Å². The van der Waals surface area contributed by atoms with Crippen molar-refractivity contribution in [2.45, 2.75) is 38.3 Å². The number of halogens is 2. The van der Waals surface area contributed by atoms with E-state index >= 15 is 0 Å². The van der Waals surface area contributed by atoms with Gasteiger partial charge in [0, 0.05) is 24.2 Å². The highest BCUT2D eigenvalue weighted by molar-refractivity contribution is 7.89. The SMILES string of the molecule is CCNS(=O)(=O)c1cc(Cl)cc(CNC(C)C)c1Cl. The second kappa shape index (κ2) is 6.90. The molecule has 1 rings (SSSR count). The lowest BCUT2D eigenvalue weighted by atomic mass is 10.2. The molecule has 1 aromatic carbocycles. The number of nitrogens with one attached hydrogen (secondary N) is 2. The van der Waals surface area contributed by atoms with Crippen LogP contribution < -0.4 is 10.0 Å². The van der Waals surface area contributed by atoms with Crippen LogP contribution in [0.25, 0.3) is 0 Å². The maximum absolute atomic E-state index is 12.0. The Morgan fingerprint density at radius 1 is 1.26 bits per heavy atom. The predicted octanol–water partition coefficient (Wildman–Crippen LogP) is 2.79. The second-order valence-electron chi connectivity index (χ2n) is 4.41. The fourth-order valence-corrected chi connectivity index (χ4v) is 3.50. The van der Waals surface area contributed by atoms with Gasteiger partial charge in [-0.1, -0.05) is 44.0 Å². The van der Waals surface area contributed by atoms with Gasteiger partial charge in [-0.3, -0.25) is 0 Å². The molecule has 0 aliphatic heterocycles. The second-order valence-corrected chi connectivity index (χ2v) is 6.96. The molecular weight excluding hydrogens is 307 g/mol. The first-order chi connectivity index (χ1) is 8.77. The van der Waals surface area contributed by atoms with E-state index in [2.05, 4.69) is 10.0 Å². The maximum Gasteiger partial charge on any atom is 0.242 e. The smallest absolute Gasteiger partial charge is 0.242 e. The summed E-state index contributed by atoms with van der Waals surface area (Å²) in [7, 11) is -3.62. The van der Waals surface area contributed by atoms with Gasteiger partial charge in [-0.25, -0.2) is 13.1 Å². The van der Waals surface area contributed by atoms with Gasteiger partial charge in [-0.05, 0) is 17.7 Å². The van der Waals surface area contributed by atoms with Crippen LogP contribution in [0.3, 0.4) is 0 Å². The Morgan fingerprint density at radius 3 is 2.42 bits per heavy atom. The zero-order valence-corrected chi connectivity index (χ0v) is 13.5. The largest absolute Gasteiger partial charge is 0.310 e. The third-order valence-corrected chi connectivity index (χ3v) is 4.75. The van der Waals surface area contributed by atoms with Crippen LogP contribution in [0, 0.1) is 0 Å². The van der Waals surface area contributed by atoms with Crippen LogP contribution >= 0.6 is 23.2 Å². The highest BCUT2D eigenvalue weighted by Crippen LogP contribution is 2.29. The quantitative estimate of drug-likeness (QED) is 0.845. The molecule has 19 heavy (non-hydrogen) atoms. The molecule has 4 nitrogen and oxygen atoms in total. The molecule has 0 aromatic heterocycles. The molecule has 0 bridgehead atoms. The minimum Gasteiger partial charge on any atom is -0.310 e. The highest BCUT2D eigenvalue weighted by Gasteiger charge is 2.20. The van der Waals surface area contributed by atoms with E-state index in [0.29, 0.717) is 23.7 Å². The van der Waals surface area contributed by atoms with Crippen LogP contribution in [0.15, 0.2) is 17.0 Å². The van der Waals surface area contributed by atoms with Crippen molar-refractivity contribution in [3.8, 4) is 0 Å².